The molecule has 9 heteroatoms. The molecule has 2 fully saturated rings. The molecule has 8 nitrogen and oxygen atoms in total. The van der Waals surface area contributed by atoms with Gasteiger partial charge in [-0.3, -0.25) is 9.59 Å². The molecule has 0 saturated carbocycles. The lowest BCUT2D eigenvalue weighted by Gasteiger charge is -2.31. The fourth-order valence-electron chi connectivity index (χ4n) is 4.33. The van der Waals surface area contributed by atoms with Gasteiger partial charge in [-0.05, 0) is 55.9 Å². The smallest absolute Gasteiger partial charge is 0.270 e. The number of likely N-dealkylation sites (tertiary alicyclic amines) is 1. The van der Waals surface area contributed by atoms with Crippen molar-refractivity contribution in [2.24, 2.45) is 5.92 Å². The van der Waals surface area contributed by atoms with Gasteiger partial charge in [0.1, 0.15) is 10.6 Å². The third kappa shape index (κ3) is 4.73. The molecule has 3 heterocycles. The van der Waals surface area contributed by atoms with Crippen LogP contribution in [0.1, 0.15) is 48.7 Å². The molecular formula is C23H30N4O4S. The van der Waals surface area contributed by atoms with Gasteiger partial charge in [0.05, 0.1) is 5.92 Å². The van der Waals surface area contributed by atoms with Gasteiger partial charge in [0, 0.05) is 38.1 Å². The molecule has 1 aromatic heterocycles. The summed E-state index contributed by atoms with van der Waals surface area (Å²) in [6.07, 6.45) is 5.48. The topological polar surface area (TPSA) is 103 Å². The van der Waals surface area contributed by atoms with Crippen LogP contribution in [0, 0.1) is 5.92 Å². The van der Waals surface area contributed by atoms with Crippen molar-refractivity contribution >= 4 is 27.5 Å². The van der Waals surface area contributed by atoms with Crippen molar-refractivity contribution in [2.75, 3.05) is 31.5 Å². The summed E-state index contributed by atoms with van der Waals surface area (Å²) < 4.78 is 27.7. The summed E-state index contributed by atoms with van der Waals surface area (Å²) in [5.41, 5.74) is 2.18. The van der Waals surface area contributed by atoms with Crippen molar-refractivity contribution in [1.82, 2.24) is 14.2 Å². The number of aromatic nitrogens is 1. The highest BCUT2D eigenvalue weighted by Crippen LogP contribution is 2.26. The van der Waals surface area contributed by atoms with Crippen LogP contribution in [-0.2, 0) is 21.2 Å². The number of amides is 2. The quantitative estimate of drug-likeness (QED) is 0.695. The Labute approximate surface area is 189 Å². The Hall–Kier alpha value is -2.65. The lowest BCUT2D eigenvalue weighted by molar-refractivity contribution is -0.120. The predicted octanol–water partition coefficient (Wildman–Crippen LogP) is 2.85. The maximum atomic E-state index is 13.2. The molecule has 0 radical (unpaired) electrons. The van der Waals surface area contributed by atoms with E-state index in [0.29, 0.717) is 38.2 Å². The van der Waals surface area contributed by atoms with E-state index in [0.717, 1.165) is 19.3 Å². The fourth-order valence-corrected chi connectivity index (χ4v) is 5.85. The van der Waals surface area contributed by atoms with Gasteiger partial charge in [0.2, 0.25) is 15.9 Å². The van der Waals surface area contributed by atoms with Gasteiger partial charge < -0.3 is 15.2 Å². The summed E-state index contributed by atoms with van der Waals surface area (Å²) in [5, 5.41) is 2.91. The Kier molecular flexibility index (Phi) is 6.66. The number of anilines is 1. The number of hydrogen-bond acceptors (Lipinski definition) is 4. The van der Waals surface area contributed by atoms with E-state index in [1.165, 1.54) is 22.1 Å². The number of rotatable bonds is 6. The first kappa shape index (κ1) is 22.5. The highest BCUT2D eigenvalue weighted by atomic mass is 32.2. The van der Waals surface area contributed by atoms with E-state index in [9.17, 15) is 18.0 Å². The summed E-state index contributed by atoms with van der Waals surface area (Å²) in [7, 11) is -3.80. The second kappa shape index (κ2) is 9.46. The van der Waals surface area contributed by atoms with E-state index < -0.39 is 15.9 Å². The highest BCUT2D eigenvalue weighted by molar-refractivity contribution is 7.89. The van der Waals surface area contributed by atoms with Crippen LogP contribution in [0.2, 0.25) is 0 Å². The molecule has 0 aliphatic carbocycles. The highest BCUT2D eigenvalue weighted by Gasteiger charge is 2.34. The van der Waals surface area contributed by atoms with E-state index in [4.69, 9.17) is 0 Å². The molecule has 0 spiro atoms. The minimum absolute atomic E-state index is 0.0660. The number of aryl methyl sites for hydroxylation is 1. The second-order valence-corrected chi connectivity index (χ2v) is 10.4. The van der Waals surface area contributed by atoms with Gasteiger partial charge in [-0.2, -0.15) is 4.31 Å². The minimum Gasteiger partial charge on any atom is -0.356 e. The SMILES string of the molecule is CCc1ccc(NC(=O)[C@@H]2CCCN(S(=O)(=O)c3c[nH]c(C(=O)N4CCCC4)c3)C2)cc1. The molecule has 0 bridgehead atoms. The Morgan fingerprint density at radius 1 is 1.09 bits per heavy atom. The summed E-state index contributed by atoms with van der Waals surface area (Å²) >= 11 is 0. The van der Waals surface area contributed by atoms with Crippen LogP contribution in [0.4, 0.5) is 5.69 Å². The van der Waals surface area contributed by atoms with Gasteiger partial charge >= 0.3 is 0 Å². The average molecular weight is 459 g/mol. The lowest BCUT2D eigenvalue weighted by atomic mass is 9.98. The van der Waals surface area contributed by atoms with Gasteiger partial charge in [-0.1, -0.05) is 19.1 Å². The first-order valence-electron chi connectivity index (χ1n) is 11.3. The molecule has 32 heavy (non-hydrogen) atoms. The van der Waals surface area contributed by atoms with Crippen molar-refractivity contribution in [3.63, 3.8) is 0 Å². The summed E-state index contributed by atoms with van der Waals surface area (Å²) in [6.45, 7) is 3.95. The van der Waals surface area contributed by atoms with E-state index in [-0.39, 0.29) is 28.9 Å². The summed E-state index contributed by atoms with van der Waals surface area (Å²) in [4.78, 5) is 30.0. The molecule has 0 unspecified atom stereocenters. The molecule has 2 aliphatic rings. The van der Waals surface area contributed by atoms with Gasteiger partial charge in [0.25, 0.3) is 5.91 Å². The van der Waals surface area contributed by atoms with E-state index in [1.807, 2.05) is 24.3 Å². The van der Waals surface area contributed by atoms with Crippen LogP contribution in [0.5, 0.6) is 0 Å². The number of piperidine rings is 1. The van der Waals surface area contributed by atoms with Crippen LogP contribution in [0.25, 0.3) is 0 Å². The number of nitrogens with zero attached hydrogens (tertiary/aromatic N) is 2. The van der Waals surface area contributed by atoms with Crippen molar-refractivity contribution in [1.29, 1.82) is 0 Å². The van der Waals surface area contributed by atoms with Crippen molar-refractivity contribution < 1.29 is 18.0 Å². The summed E-state index contributed by atoms with van der Waals surface area (Å²) in [5.74, 6) is -0.768. The molecule has 4 rings (SSSR count). The molecule has 1 aromatic carbocycles. The number of hydrogen-bond donors (Lipinski definition) is 2. The molecular weight excluding hydrogens is 428 g/mol. The molecule has 2 saturated heterocycles. The Bertz CT molecular complexity index is 1070. The molecule has 1 atom stereocenters. The first-order valence-corrected chi connectivity index (χ1v) is 12.7. The monoisotopic (exact) mass is 458 g/mol. The van der Waals surface area contributed by atoms with Crippen LogP contribution >= 0.6 is 0 Å². The van der Waals surface area contributed by atoms with E-state index in [1.54, 1.807) is 4.90 Å². The minimum atomic E-state index is -3.80. The van der Waals surface area contributed by atoms with Crippen LogP contribution in [0.15, 0.2) is 41.4 Å². The van der Waals surface area contributed by atoms with Crippen molar-refractivity contribution in [3.8, 4) is 0 Å². The fraction of sp³-hybridized carbons (Fsp3) is 0.478. The Morgan fingerprint density at radius 3 is 2.50 bits per heavy atom. The third-order valence-electron chi connectivity index (χ3n) is 6.30. The molecule has 2 amide bonds. The standard InChI is InChI=1S/C23H30N4O4S/c1-2-17-7-9-19(10-8-17)25-22(28)18-6-5-13-27(16-18)32(30,31)20-14-21(24-15-20)23(29)26-11-3-4-12-26/h7-10,14-15,18,24H,2-6,11-13,16H2,1H3,(H,25,28)/t18-/m1/s1. The van der Waals surface area contributed by atoms with Crippen LogP contribution < -0.4 is 5.32 Å². The lowest BCUT2D eigenvalue weighted by Crippen LogP contribution is -2.43. The number of sulfonamides is 1. The number of carbonyl (C=O) groups is 2. The normalized spacial score (nSPS) is 19.8. The zero-order valence-electron chi connectivity index (χ0n) is 18.3. The zero-order valence-corrected chi connectivity index (χ0v) is 19.2. The van der Waals surface area contributed by atoms with Gasteiger partial charge in [-0.15, -0.1) is 0 Å². The Morgan fingerprint density at radius 2 is 1.81 bits per heavy atom. The number of H-pyrrole nitrogens is 1. The number of benzene rings is 1. The Balaban J connectivity index is 1.42. The van der Waals surface area contributed by atoms with E-state index >= 15 is 0 Å². The maximum absolute atomic E-state index is 13.2. The largest absolute Gasteiger partial charge is 0.356 e. The first-order chi connectivity index (χ1) is 15.4. The van der Waals surface area contributed by atoms with Crippen molar-refractivity contribution in [2.45, 2.75) is 43.9 Å². The molecule has 2 aromatic rings. The number of carbonyl (C=O) groups excluding carboxylic acids is 2. The number of nitrogens with one attached hydrogen (secondary N) is 2. The molecule has 172 valence electrons. The third-order valence-corrected chi connectivity index (χ3v) is 8.15. The second-order valence-electron chi connectivity index (χ2n) is 8.49. The van der Waals surface area contributed by atoms with Gasteiger partial charge in [0.15, 0.2) is 0 Å². The molecule has 2 N–H and O–H groups in total. The predicted molar refractivity (Wildman–Crippen MR) is 122 cm³/mol. The maximum Gasteiger partial charge on any atom is 0.270 e. The van der Waals surface area contributed by atoms with Crippen LogP contribution in [-0.4, -0.2) is 60.6 Å². The average Bonchev–Trinajstić information content (AvgIpc) is 3.52. The van der Waals surface area contributed by atoms with Gasteiger partial charge in [-0.25, -0.2) is 8.42 Å². The van der Waals surface area contributed by atoms with E-state index in [2.05, 4.69) is 17.2 Å². The zero-order chi connectivity index (χ0) is 22.7. The van der Waals surface area contributed by atoms with Crippen molar-refractivity contribution in [3.05, 3.63) is 47.8 Å². The van der Waals surface area contributed by atoms with Crippen LogP contribution in [0.3, 0.4) is 0 Å². The molecule has 2 aliphatic heterocycles. The summed E-state index contributed by atoms with van der Waals surface area (Å²) in [6, 6.07) is 9.09. The number of aromatic amines is 1.